The molecular formula is C11H14N3O2-. The first-order valence-electron chi connectivity index (χ1n) is 5.29. The van der Waals surface area contributed by atoms with Crippen LogP contribution in [0.5, 0.6) is 5.75 Å². The van der Waals surface area contributed by atoms with Crippen LogP contribution in [-0.2, 0) is 0 Å². The lowest BCUT2D eigenvalue weighted by molar-refractivity contribution is 0.311. The summed E-state index contributed by atoms with van der Waals surface area (Å²) in [6.45, 7) is 2.70. The molecule has 2 rings (SSSR count). The second kappa shape index (κ2) is 4.30. The van der Waals surface area contributed by atoms with Crippen molar-refractivity contribution in [2.24, 2.45) is 0 Å². The van der Waals surface area contributed by atoms with E-state index >= 15 is 0 Å². The molecule has 2 aromatic rings. The lowest BCUT2D eigenvalue weighted by Gasteiger charge is -2.11. The van der Waals surface area contributed by atoms with Crippen molar-refractivity contribution in [3.8, 4) is 5.75 Å². The molecule has 0 amide bonds. The Morgan fingerprint density at radius 2 is 2.31 bits per heavy atom. The average molecular weight is 220 g/mol. The van der Waals surface area contributed by atoms with Gasteiger partial charge in [0.05, 0.1) is 29.7 Å². The number of imidazole rings is 1. The number of nitrogen functional groups attached to an aromatic ring is 1. The maximum Gasteiger partial charge on any atom is 0.144 e. The van der Waals surface area contributed by atoms with Gasteiger partial charge in [0, 0.05) is 6.07 Å². The topological polar surface area (TPSA) is 76.1 Å². The molecular weight excluding hydrogens is 206 g/mol. The second-order valence-corrected chi connectivity index (χ2v) is 3.65. The van der Waals surface area contributed by atoms with Gasteiger partial charge in [-0.1, -0.05) is 13.3 Å². The van der Waals surface area contributed by atoms with Crippen molar-refractivity contribution >= 4 is 16.7 Å². The van der Waals surface area contributed by atoms with Gasteiger partial charge in [0.2, 0.25) is 0 Å². The summed E-state index contributed by atoms with van der Waals surface area (Å²) >= 11 is 0. The normalized spacial score (nSPS) is 10.8. The van der Waals surface area contributed by atoms with E-state index in [1.54, 1.807) is 12.1 Å². The van der Waals surface area contributed by atoms with Crippen LogP contribution >= 0.6 is 0 Å². The Balaban J connectivity index is 2.29. The minimum absolute atomic E-state index is 0.487. The first-order chi connectivity index (χ1) is 7.72. The number of fused-ring (bicyclic) bond motifs is 1. The SMILES string of the molecule is CCCCOc1cc2c(cc1N)ncn2[O-]. The third kappa shape index (κ3) is 1.88. The summed E-state index contributed by atoms with van der Waals surface area (Å²) < 4.78 is 6.21. The van der Waals surface area contributed by atoms with Crippen molar-refractivity contribution in [3.63, 3.8) is 0 Å². The van der Waals surface area contributed by atoms with Crippen LogP contribution in [0.2, 0.25) is 0 Å². The molecule has 0 saturated carbocycles. The summed E-state index contributed by atoms with van der Waals surface area (Å²) in [7, 11) is 0. The fourth-order valence-corrected chi connectivity index (χ4v) is 1.48. The van der Waals surface area contributed by atoms with Crippen molar-refractivity contribution in [2.75, 3.05) is 12.3 Å². The van der Waals surface area contributed by atoms with E-state index in [9.17, 15) is 5.21 Å². The lowest BCUT2D eigenvalue weighted by Crippen LogP contribution is -2.00. The molecule has 0 aliphatic carbocycles. The Hall–Kier alpha value is -1.91. The second-order valence-electron chi connectivity index (χ2n) is 3.65. The molecule has 5 heteroatoms. The number of ether oxygens (including phenoxy) is 1. The van der Waals surface area contributed by atoms with Gasteiger partial charge in [0.1, 0.15) is 5.75 Å². The molecule has 0 bridgehead atoms. The number of hydrogen-bond donors (Lipinski definition) is 1. The Kier molecular flexibility index (Phi) is 2.85. The van der Waals surface area contributed by atoms with E-state index in [1.165, 1.54) is 6.33 Å². The molecule has 1 aromatic heterocycles. The summed E-state index contributed by atoms with van der Waals surface area (Å²) in [5.41, 5.74) is 7.40. The molecule has 0 radical (unpaired) electrons. The minimum atomic E-state index is 0.487. The van der Waals surface area contributed by atoms with Crippen LogP contribution in [0.15, 0.2) is 18.5 Å². The molecule has 1 heterocycles. The van der Waals surface area contributed by atoms with Gasteiger partial charge in [-0.2, -0.15) is 0 Å². The van der Waals surface area contributed by atoms with Gasteiger partial charge >= 0.3 is 0 Å². The van der Waals surface area contributed by atoms with Crippen LogP contribution in [0.25, 0.3) is 11.0 Å². The molecule has 2 N–H and O–H groups in total. The predicted octanol–water partition coefficient (Wildman–Crippen LogP) is 2.14. The standard InChI is InChI=1S/C11H14N3O2/c1-2-3-4-16-11-6-10-9(5-8(11)12)13-7-14(10)15/h5-7H,2-4,12H2,1H3/q-1. The van der Waals surface area contributed by atoms with Crippen molar-refractivity contribution in [1.82, 2.24) is 9.71 Å². The lowest BCUT2D eigenvalue weighted by atomic mass is 10.2. The fraction of sp³-hybridized carbons (Fsp3) is 0.364. The van der Waals surface area contributed by atoms with Gasteiger partial charge in [0.25, 0.3) is 0 Å². The Labute approximate surface area is 93.4 Å². The molecule has 0 unspecified atom stereocenters. The number of nitrogens with two attached hydrogens (primary N) is 1. The number of aromatic nitrogens is 2. The highest BCUT2D eigenvalue weighted by molar-refractivity contribution is 5.82. The van der Waals surface area contributed by atoms with E-state index in [0.29, 0.717) is 33.8 Å². The predicted molar refractivity (Wildman–Crippen MR) is 63.3 cm³/mol. The van der Waals surface area contributed by atoms with Gasteiger partial charge in [-0.3, -0.25) is 0 Å². The largest absolute Gasteiger partial charge is 0.805 e. The highest BCUT2D eigenvalue weighted by Gasteiger charge is 2.05. The Morgan fingerprint density at radius 1 is 1.50 bits per heavy atom. The van der Waals surface area contributed by atoms with Gasteiger partial charge in [-0.25, -0.2) is 4.98 Å². The van der Waals surface area contributed by atoms with E-state index in [-0.39, 0.29) is 0 Å². The molecule has 0 spiro atoms. The Bertz CT molecular complexity index is 493. The van der Waals surface area contributed by atoms with Crippen LogP contribution in [-0.4, -0.2) is 16.3 Å². The maximum absolute atomic E-state index is 11.3. The van der Waals surface area contributed by atoms with Crippen LogP contribution in [0.1, 0.15) is 19.8 Å². The number of rotatable bonds is 4. The smallest absolute Gasteiger partial charge is 0.144 e. The van der Waals surface area contributed by atoms with E-state index in [1.807, 2.05) is 0 Å². The molecule has 86 valence electrons. The molecule has 5 nitrogen and oxygen atoms in total. The molecule has 0 aliphatic heterocycles. The summed E-state index contributed by atoms with van der Waals surface area (Å²) in [4.78, 5) is 3.93. The molecule has 0 fully saturated rings. The zero-order valence-corrected chi connectivity index (χ0v) is 9.14. The summed E-state index contributed by atoms with van der Waals surface area (Å²) in [6.07, 6.45) is 3.25. The zero-order valence-electron chi connectivity index (χ0n) is 9.14. The van der Waals surface area contributed by atoms with Crippen LogP contribution in [0.4, 0.5) is 5.69 Å². The fourth-order valence-electron chi connectivity index (χ4n) is 1.48. The molecule has 0 aliphatic rings. The maximum atomic E-state index is 11.3. The number of unbranched alkanes of at least 4 members (excludes halogenated alkanes) is 1. The number of hydrogen-bond acceptors (Lipinski definition) is 4. The zero-order chi connectivity index (χ0) is 11.5. The highest BCUT2D eigenvalue weighted by Crippen LogP contribution is 2.27. The van der Waals surface area contributed by atoms with Crippen molar-refractivity contribution < 1.29 is 4.74 Å². The van der Waals surface area contributed by atoms with E-state index in [4.69, 9.17) is 10.5 Å². The van der Waals surface area contributed by atoms with Gasteiger partial charge < -0.3 is 20.4 Å². The molecule has 0 saturated heterocycles. The highest BCUT2D eigenvalue weighted by atomic mass is 16.5. The molecule has 16 heavy (non-hydrogen) atoms. The van der Waals surface area contributed by atoms with Crippen molar-refractivity contribution in [2.45, 2.75) is 19.8 Å². The van der Waals surface area contributed by atoms with Crippen LogP contribution in [0, 0.1) is 5.21 Å². The number of anilines is 1. The third-order valence-corrected chi connectivity index (χ3v) is 2.40. The van der Waals surface area contributed by atoms with Crippen LogP contribution in [0.3, 0.4) is 0 Å². The van der Waals surface area contributed by atoms with E-state index in [0.717, 1.165) is 12.8 Å². The number of nitrogens with zero attached hydrogens (tertiary/aromatic N) is 2. The summed E-state index contributed by atoms with van der Waals surface area (Å²) in [5.74, 6) is 0.554. The molecule has 1 aromatic carbocycles. The van der Waals surface area contributed by atoms with Crippen molar-refractivity contribution in [1.29, 1.82) is 0 Å². The van der Waals surface area contributed by atoms with Gasteiger partial charge in [-0.05, 0) is 12.5 Å². The first kappa shape index (κ1) is 10.6. The Morgan fingerprint density at radius 3 is 3.06 bits per heavy atom. The third-order valence-electron chi connectivity index (χ3n) is 2.40. The summed E-state index contributed by atoms with van der Waals surface area (Å²) in [5, 5.41) is 11.3. The van der Waals surface area contributed by atoms with Crippen LogP contribution < -0.4 is 10.5 Å². The van der Waals surface area contributed by atoms with E-state index < -0.39 is 0 Å². The first-order valence-corrected chi connectivity index (χ1v) is 5.29. The molecule has 0 atom stereocenters. The minimum Gasteiger partial charge on any atom is -0.805 e. The van der Waals surface area contributed by atoms with Crippen molar-refractivity contribution in [3.05, 3.63) is 23.7 Å². The quantitative estimate of drug-likeness (QED) is 0.632. The monoisotopic (exact) mass is 220 g/mol. The van der Waals surface area contributed by atoms with E-state index in [2.05, 4.69) is 11.9 Å². The van der Waals surface area contributed by atoms with Gasteiger partial charge in [0.15, 0.2) is 0 Å². The average Bonchev–Trinajstić information content (AvgIpc) is 2.61. The number of benzene rings is 1. The van der Waals surface area contributed by atoms with Gasteiger partial charge in [-0.15, -0.1) is 0 Å². The summed E-state index contributed by atoms with van der Waals surface area (Å²) in [6, 6.07) is 3.30.